The van der Waals surface area contributed by atoms with Crippen LogP contribution in [0.5, 0.6) is 0 Å². The Morgan fingerprint density at radius 2 is 2.19 bits per heavy atom. The summed E-state index contributed by atoms with van der Waals surface area (Å²) in [6, 6.07) is 8.08. The van der Waals surface area contributed by atoms with Gasteiger partial charge in [-0.3, -0.25) is 4.57 Å². The average Bonchev–Trinajstić information content (AvgIpc) is 2.94. The molecule has 0 amide bonds. The molecule has 0 aliphatic carbocycles. The van der Waals surface area contributed by atoms with Crippen LogP contribution in [0.4, 0.5) is 0 Å². The van der Waals surface area contributed by atoms with E-state index in [1.807, 2.05) is 29.0 Å². The summed E-state index contributed by atoms with van der Waals surface area (Å²) in [6.45, 7) is 0.420. The van der Waals surface area contributed by atoms with Crippen LogP contribution < -0.4 is 5.73 Å². The average molecular weight is 230 g/mol. The Morgan fingerprint density at radius 3 is 3.00 bits per heavy atom. The predicted octanol–water partition coefficient (Wildman–Crippen LogP) is 1.94. The van der Waals surface area contributed by atoms with Gasteiger partial charge in [0.25, 0.3) is 0 Å². The molecule has 0 aliphatic heterocycles. The van der Waals surface area contributed by atoms with Gasteiger partial charge in [-0.25, -0.2) is 9.97 Å². The maximum Gasteiger partial charge on any atom is 0.196 e. The second-order valence-corrected chi connectivity index (χ2v) is 4.39. The van der Waals surface area contributed by atoms with Crippen molar-refractivity contribution >= 4 is 21.6 Å². The Hall–Kier alpha value is -1.72. The standard InChI is InChI=1S/C11H10N4S/c12-7-10-13-5-6-15(10)11-14-8-3-1-2-4-9(8)16-11/h1-6H,7,12H2. The molecule has 0 saturated heterocycles. The minimum absolute atomic E-state index is 0.420. The zero-order valence-electron chi connectivity index (χ0n) is 8.50. The van der Waals surface area contributed by atoms with Crippen LogP contribution in [0.15, 0.2) is 36.7 Å². The molecule has 3 aromatic rings. The molecule has 2 N–H and O–H groups in total. The van der Waals surface area contributed by atoms with E-state index in [0.29, 0.717) is 6.54 Å². The van der Waals surface area contributed by atoms with Crippen LogP contribution in [0.1, 0.15) is 5.82 Å². The van der Waals surface area contributed by atoms with Gasteiger partial charge in [0.05, 0.1) is 16.8 Å². The van der Waals surface area contributed by atoms with Gasteiger partial charge in [-0.2, -0.15) is 0 Å². The summed E-state index contributed by atoms with van der Waals surface area (Å²) in [5.41, 5.74) is 6.63. The number of hydrogen-bond acceptors (Lipinski definition) is 4. The number of imidazole rings is 1. The van der Waals surface area contributed by atoms with Gasteiger partial charge in [-0.15, -0.1) is 0 Å². The lowest BCUT2D eigenvalue weighted by atomic mass is 10.3. The number of aromatic nitrogens is 3. The summed E-state index contributed by atoms with van der Waals surface area (Å²) in [4.78, 5) is 8.74. The predicted molar refractivity (Wildman–Crippen MR) is 64.6 cm³/mol. The first-order valence-corrected chi connectivity index (χ1v) is 5.78. The Labute approximate surface area is 96.4 Å². The van der Waals surface area contributed by atoms with Crippen molar-refractivity contribution < 1.29 is 0 Å². The number of rotatable bonds is 2. The van der Waals surface area contributed by atoms with Crippen LogP contribution in [-0.2, 0) is 6.54 Å². The Bertz CT molecular complexity index is 592. The van der Waals surface area contributed by atoms with E-state index >= 15 is 0 Å². The quantitative estimate of drug-likeness (QED) is 0.732. The van der Waals surface area contributed by atoms with Gasteiger partial charge in [0, 0.05) is 12.4 Å². The van der Waals surface area contributed by atoms with Gasteiger partial charge < -0.3 is 5.73 Å². The van der Waals surface area contributed by atoms with E-state index in [9.17, 15) is 0 Å². The van der Waals surface area contributed by atoms with Crippen molar-refractivity contribution in [2.24, 2.45) is 5.73 Å². The second kappa shape index (κ2) is 3.70. The SMILES string of the molecule is NCc1nccn1-c1nc2ccccc2s1. The molecule has 0 bridgehead atoms. The fourth-order valence-electron chi connectivity index (χ4n) is 1.62. The fraction of sp³-hybridized carbons (Fsp3) is 0.0909. The van der Waals surface area contributed by atoms with Crippen molar-refractivity contribution in [3.05, 3.63) is 42.5 Å². The molecule has 3 rings (SSSR count). The third-order valence-electron chi connectivity index (χ3n) is 2.39. The van der Waals surface area contributed by atoms with Crippen LogP contribution in [0.25, 0.3) is 15.3 Å². The summed E-state index contributed by atoms with van der Waals surface area (Å²) in [6.07, 6.45) is 3.63. The molecule has 5 heteroatoms. The van der Waals surface area contributed by atoms with Crippen LogP contribution in [-0.4, -0.2) is 14.5 Å². The third kappa shape index (κ3) is 1.41. The number of nitrogens with zero attached hydrogens (tertiary/aromatic N) is 3. The summed E-state index contributed by atoms with van der Waals surface area (Å²) in [5, 5.41) is 0.916. The van der Waals surface area contributed by atoms with Crippen LogP contribution in [0.2, 0.25) is 0 Å². The maximum atomic E-state index is 5.62. The highest BCUT2D eigenvalue weighted by molar-refractivity contribution is 7.20. The Morgan fingerprint density at radius 1 is 1.31 bits per heavy atom. The molecule has 0 radical (unpaired) electrons. The first kappa shape index (κ1) is 9.50. The molecule has 2 aromatic heterocycles. The van der Waals surface area contributed by atoms with Crippen LogP contribution in [0.3, 0.4) is 0 Å². The molecule has 16 heavy (non-hydrogen) atoms. The molecule has 4 nitrogen and oxygen atoms in total. The number of thiazole rings is 1. The lowest BCUT2D eigenvalue weighted by Gasteiger charge is -1.99. The van der Waals surface area contributed by atoms with Gasteiger partial charge in [0.15, 0.2) is 5.13 Å². The molecule has 0 aliphatic rings. The number of nitrogens with two attached hydrogens (primary N) is 1. The summed E-state index contributed by atoms with van der Waals surface area (Å²) in [7, 11) is 0. The second-order valence-electron chi connectivity index (χ2n) is 3.38. The van der Waals surface area contributed by atoms with Gasteiger partial charge in [-0.05, 0) is 12.1 Å². The number of fused-ring (bicyclic) bond motifs is 1. The molecular formula is C11H10N4S. The van der Waals surface area contributed by atoms with Crippen molar-refractivity contribution in [3.63, 3.8) is 0 Å². The lowest BCUT2D eigenvalue weighted by molar-refractivity contribution is 0.863. The molecular weight excluding hydrogens is 220 g/mol. The minimum Gasteiger partial charge on any atom is -0.324 e. The maximum absolute atomic E-state index is 5.62. The van der Waals surface area contributed by atoms with Crippen molar-refractivity contribution in [1.82, 2.24) is 14.5 Å². The van der Waals surface area contributed by atoms with Gasteiger partial charge in [0.2, 0.25) is 0 Å². The normalized spacial score (nSPS) is 11.1. The first-order valence-electron chi connectivity index (χ1n) is 4.97. The topological polar surface area (TPSA) is 56.7 Å². The van der Waals surface area contributed by atoms with E-state index in [1.165, 1.54) is 4.70 Å². The summed E-state index contributed by atoms with van der Waals surface area (Å²) < 4.78 is 3.11. The smallest absolute Gasteiger partial charge is 0.196 e. The molecule has 0 spiro atoms. The Kier molecular flexibility index (Phi) is 2.19. The van der Waals surface area contributed by atoms with E-state index in [1.54, 1.807) is 17.5 Å². The Balaban J connectivity index is 2.19. The van der Waals surface area contributed by atoms with E-state index in [2.05, 4.69) is 16.0 Å². The summed E-state index contributed by atoms with van der Waals surface area (Å²) in [5.74, 6) is 0.832. The van der Waals surface area contributed by atoms with Crippen LogP contribution >= 0.6 is 11.3 Å². The molecule has 0 saturated carbocycles. The molecule has 0 atom stereocenters. The summed E-state index contributed by atoms with van der Waals surface area (Å²) >= 11 is 1.64. The van der Waals surface area contributed by atoms with E-state index in [4.69, 9.17) is 5.73 Å². The molecule has 1 aromatic carbocycles. The first-order chi connectivity index (χ1) is 7.88. The van der Waals surface area contributed by atoms with E-state index < -0.39 is 0 Å². The van der Waals surface area contributed by atoms with Crippen molar-refractivity contribution in [3.8, 4) is 5.13 Å². The monoisotopic (exact) mass is 230 g/mol. The molecule has 0 fully saturated rings. The van der Waals surface area contributed by atoms with Gasteiger partial charge in [0.1, 0.15) is 5.82 Å². The largest absolute Gasteiger partial charge is 0.324 e. The fourth-order valence-corrected chi connectivity index (χ4v) is 2.59. The highest BCUT2D eigenvalue weighted by atomic mass is 32.1. The van der Waals surface area contributed by atoms with Crippen LogP contribution in [0, 0.1) is 0 Å². The van der Waals surface area contributed by atoms with Gasteiger partial charge >= 0.3 is 0 Å². The minimum atomic E-state index is 0.420. The number of para-hydroxylation sites is 1. The van der Waals surface area contributed by atoms with E-state index in [0.717, 1.165) is 16.5 Å². The highest BCUT2D eigenvalue weighted by Crippen LogP contribution is 2.24. The van der Waals surface area contributed by atoms with Crippen molar-refractivity contribution in [2.45, 2.75) is 6.54 Å². The van der Waals surface area contributed by atoms with Crippen molar-refractivity contribution in [1.29, 1.82) is 0 Å². The molecule has 0 unspecified atom stereocenters. The van der Waals surface area contributed by atoms with Crippen molar-refractivity contribution in [2.75, 3.05) is 0 Å². The van der Waals surface area contributed by atoms with E-state index in [-0.39, 0.29) is 0 Å². The van der Waals surface area contributed by atoms with Gasteiger partial charge in [-0.1, -0.05) is 23.5 Å². The lowest BCUT2D eigenvalue weighted by Crippen LogP contribution is -2.05. The molecule has 2 heterocycles. The molecule has 80 valence electrons. The third-order valence-corrected chi connectivity index (χ3v) is 3.42. The zero-order chi connectivity index (χ0) is 11.0. The number of hydrogen-bond donors (Lipinski definition) is 1. The zero-order valence-corrected chi connectivity index (χ0v) is 9.31. The number of benzene rings is 1. The highest BCUT2D eigenvalue weighted by Gasteiger charge is 2.08.